The summed E-state index contributed by atoms with van der Waals surface area (Å²) >= 11 is 10.9. The first-order valence-corrected chi connectivity index (χ1v) is 7.05. The minimum Gasteiger partial charge on any atom is -0.465 e. The van der Waals surface area contributed by atoms with Crippen LogP contribution in [0.15, 0.2) is 52.7 Å². The van der Waals surface area contributed by atoms with Crippen molar-refractivity contribution < 1.29 is 14.0 Å². The van der Waals surface area contributed by atoms with E-state index in [9.17, 15) is 9.59 Å². The number of nitrogens with one attached hydrogen (secondary N) is 1. The summed E-state index contributed by atoms with van der Waals surface area (Å²) in [5, 5.41) is 3.05. The van der Waals surface area contributed by atoms with Crippen molar-refractivity contribution in [2.75, 3.05) is 4.90 Å². The van der Waals surface area contributed by atoms with Crippen LogP contribution in [-0.2, 0) is 9.59 Å². The Kier molecular flexibility index (Phi) is 3.79. The fourth-order valence-electron chi connectivity index (χ4n) is 2.00. The Morgan fingerprint density at radius 1 is 1.18 bits per heavy atom. The molecule has 0 aliphatic carbocycles. The van der Waals surface area contributed by atoms with Gasteiger partial charge in [0.1, 0.15) is 11.3 Å². The Labute approximate surface area is 136 Å². The highest BCUT2D eigenvalue weighted by atomic mass is 35.5. The summed E-state index contributed by atoms with van der Waals surface area (Å²) in [6.07, 6.45) is 2.83. The summed E-state index contributed by atoms with van der Waals surface area (Å²) in [5.74, 6) is -0.675. The lowest BCUT2D eigenvalue weighted by Gasteiger charge is -2.28. The molecule has 2 aromatic rings. The minimum atomic E-state index is -0.559. The van der Waals surface area contributed by atoms with Crippen molar-refractivity contribution in [3.8, 4) is 0 Å². The monoisotopic (exact) mass is 332 g/mol. The van der Waals surface area contributed by atoms with Gasteiger partial charge in [0.15, 0.2) is 5.11 Å². The predicted molar refractivity (Wildman–Crippen MR) is 86.4 cm³/mol. The zero-order chi connectivity index (χ0) is 15.7. The Morgan fingerprint density at radius 2 is 1.91 bits per heavy atom. The van der Waals surface area contributed by atoms with Crippen LogP contribution in [0.1, 0.15) is 5.76 Å². The van der Waals surface area contributed by atoms with Crippen molar-refractivity contribution in [1.82, 2.24) is 5.32 Å². The molecule has 0 spiro atoms. The van der Waals surface area contributed by atoms with Crippen LogP contribution < -0.4 is 10.2 Å². The molecule has 1 aromatic carbocycles. The third kappa shape index (κ3) is 2.66. The first-order valence-electron chi connectivity index (χ1n) is 6.27. The molecule has 0 radical (unpaired) electrons. The largest absolute Gasteiger partial charge is 0.465 e. The maximum absolute atomic E-state index is 12.6. The number of carbonyl (C=O) groups is 2. The topological polar surface area (TPSA) is 62.6 Å². The fourth-order valence-corrected chi connectivity index (χ4v) is 2.40. The number of thiocarbonyl (C=S) groups is 1. The molecule has 110 valence electrons. The highest BCUT2D eigenvalue weighted by Crippen LogP contribution is 2.23. The first-order chi connectivity index (χ1) is 10.6. The number of nitrogens with zero attached hydrogens (tertiary/aromatic N) is 1. The van der Waals surface area contributed by atoms with Crippen LogP contribution in [0, 0.1) is 0 Å². The molecule has 5 nitrogen and oxygen atoms in total. The Balaban J connectivity index is 2.01. The molecule has 22 heavy (non-hydrogen) atoms. The molecular formula is C15H9ClN2O3S. The second kappa shape index (κ2) is 5.75. The summed E-state index contributed by atoms with van der Waals surface area (Å²) in [5.41, 5.74) is 0.461. The molecular weight excluding hydrogens is 324 g/mol. The van der Waals surface area contributed by atoms with Crippen LogP contribution in [-0.4, -0.2) is 16.9 Å². The number of anilines is 1. The summed E-state index contributed by atoms with van der Waals surface area (Å²) in [7, 11) is 0. The van der Waals surface area contributed by atoms with Gasteiger partial charge in [-0.2, -0.15) is 0 Å². The maximum atomic E-state index is 12.6. The molecule has 1 aliphatic rings. The second-order valence-corrected chi connectivity index (χ2v) is 5.27. The number of halogens is 1. The number of benzene rings is 1. The van der Waals surface area contributed by atoms with Crippen LogP contribution in [0.5, 0.6) is 0 Å². The van der Waals surface area contributed by atoms with E-state index in [0.717, 1.165) is 0 Å². The molecule has 0 unspecified atom stereocenters. The summed E-state index contributed by atoms with van der Waals surface area (Å²) in [4.78, 5) is 25.8. The fraction of sp³-hybridized carbons (Fsp3) is 0. The second-order valence-electron chi connectivity index (χ2n) is 4.45. The van der Waals surface area contributed by atoms with E-state index >= 15 is 0 Å². The van der Waals surface area contributed by atoms with E-state index in [1.54, 1.807) is 36.4 Å². The van der Waals surface area contributed by atoms with Gasteiger partial charge in [0.05, 0.1) is 12.0 Å². The summed E-state index contributed by atoms with van der Waals surface area (Å²) < 4.78 is 5.14. The highest BCUT2D eigenvalue weighted by Gasteiger charge is 2.34. The molecule has 0 bridgehead atoms. The molecule has 2 amide bonds. The van der Waals surface area contributed by atoms with Crippen molar-refractivity contribution in [2.45, 2.75) is 0 Å². The lowest BCUT2D eigenvalue weighted by molar-refractivity contribution is -0.122. The minimum absolute atomic E-state index is 0.0221. The third-order valence-corrected chi connectivity index (χ3v) is 3.55. The first kappa shape index (κ1) is 14.5. The van der Waals surface area contributed by atoms with Crippen molar-refractivity contribution >= 4 is 52.5 Å². The van der Waals surface area contributed by atoms with Gasteiger partial charge in [-0.3, -0.25) is 19.8 Å². The van der Waals surface area contributed by atoms with E-state index in [-0.39, 0.29) is 10.7 Å². The van der Waals surface area contributed by atoms with E-state index in [0.29, 0.717) is 16.5 Å². The van der Waals surface area contributed by atoms with Crippen molar-refractivity contribution in [3.05, 3.63) is 59.0 Å². The van der Waals surface area contributed by atoms with Crippen LogP contribution in [0.2, 0.25) is 5.02 Å². The quantitative estimate of drug-likeness (QED) is 0.522. The number of amides is 2. The highest BCUT2D eigenvalue weighted by molar-refractivity contribution is 7.80. The average molecular weight is 333 g/mol. The number of hydrogen-bond donors (Lipinski definition) is 1. The van der Waals surface area contributed by atoms with Gasteiger partial charge < -0.3 is 4.42 Å². The van der Waals surface area contributed by atoms with Crippen molar-refractivity contribution in [2.24, 2.45) is 0 Å². The molecule has 1 fully saturated rings. The summed E-state index contributed by atoms with van der Waals surface area (Å²) in [6, 6.07) is 9.88. The molecule has 1 aromatic heterocycles. The molecule has 3 rings (SSSR count). The maximum Gasteiger partial charge on any atom is 0.270 e. The smallest absolute Gasteiger partial charge is 0.270 e. The van der Waals surface area contributed by atoms with Crippen LogP contribution in [0.4, 0.5) is 5.69 Å². The van der Waals surface area contributed by atoms with Gasteiger partial charge >= 0.3 is 0 Å². The Bertz CT molecular complexity index is 782. The van der Waals surface area contributed by atoms with Crippen molar-refractivity contribution in [3.63, 3.8) is 0 Å². The van der Waals surface area contributed by atoms with Gasteiger partial charge in [-0.15, -0.1) is 0 Å². The third-order valence-electron chi connectivity index (χ3n) is 3.02. The standard InChI is InChI=1S/C15H9ClN2O3S/c16-9-3-5-10(6-4-9)18-14(20)12(13(19)17-15(18)22)8-11-2-1-7-21-11/h1-8H,(H,17,19,22)/b12-8+. The molecule has 0 atom stereocenters. The predicted octanol–water partition coefficient (Wildman–Crippen LogP) is 2.76. The van der Waals surface area contributed by atoms with Gasteiger partial charge in [0.25, 0.3) is 11.8 Å². The van der Waals surface area contributed by atoms with Crippen LogP contribution in [0.25, 0.3) is 6.08 Å². The number of carbonyl (C=O) groups excluding carboxylic acids is 2. The average Bonchev–Trinajstić information content (AvgIpc) is 2.98. The number of furan rings is 1. The lowest BCUT2D eigenvalue weighted by Crippen LogP contribution is -2.54. The van der Waals surface area contributed by atoms with Gasteiger partial charge in [0.2, 0.25) is 0 Å². The van der Waals surface area contributed by atoms with E-state index in [4.69, 9.17) is 28.2 Å². The molecule has 7 heteroatoms. The van der Waals surface area contributed by atoms with E-state index in [1.807, 2.05) is 0 Å². The molecule has 0 saturated carbocycles. The van der Waals surface area contributed by atoms with E-state index < -0.39 is 11.8 Å². The van der Waals surface area contributed by atoms with Gasteiger partial charge in [-0.25, -0.2) is 0 Å². The molecule has 1 saturated heterocycles. The SMILES string of the molecule is O=C1NC(=S)N(c2ccc(Cl)cc2)C(=O)/C1=C/c1ccco1. The van der Waals surface area contributed by atoms with Gasteiger partial charge in [-0.05, 0) is 54.7 Å². The molecule has 1 aliphatic heterocycles. The molecule has 1 N–H and O–H groups in total. The van der Waals surface area contributed by atoms with Gasteiger partial charge in [0, 0.05) is 5.02 Å². The normalized spacial score (nSPS) is 17.0. The Morgan fingerprint density at radius 3 is 2.55 bits per heavy atom. The zero-order valence-corrected chi connectivity index (χ0v) is 12.6. The van der Waals surface area contributed by atoms with Crippen LogP contribution >= 0.6 is 23.8 Å². The number of rotatable bonds is 2. The Hall–Kier alpha value is -2.44. The van der Waals surface area contributed by atoms with E-state index in [1.165, 1.54) is 17.2 Å². The summed E-state index contributed by atoms with van der Waals surface area (Å²) in [6.45, 7) is 0. The van der Waals surface area contributed by atoms with E-state index in [2.05, 4.69) is 5.32 Å². The molecule has 2 heterocycles. The van der Waals surface area contributed by atoms with Crippen molar-refractivity contribution in [1.29, 1.82) is 0 Å². The zero-order valence-electron chi connectivity index (χ0n) is 11.1. The van der Waals surface area contributed by atoms with Gasteiger partial charge in [-0.1, -0.05) is 11.6 Å². The van der Waals surface area contributed by atoms with Crippen LogP contribution in [0.3, 0.4) is 0 Å². The lowest BCUT2D eigenvalue weighted by atomic mass is 10.1. The number of hydrogen-bond acceptors (Lipinski definition) is 4.